The zero-order chi connectivity index (χ0) is 13.9. The van der Waals surface area contributed by atoms with Crippen molar-refractivity contribution in [2.45, 2.75) is 51.5 Å². The minimum atomic E-state index is -3.29. The molecule has 1 aliphatic carbocycles. The van der Waals surface area contributed by atoms with E-state index in [-0.39, 0.29) is 6.04 Å². The van der Waals surface area contributed by atoms with Crippen LogP contribution < -0.4 is 4.72 Å². The summed E-state index contributed by atoms with van der Waals surface area (Å²) in [5, 5.41) is 0.886. The second-order valence-electron chi connectivity index (χ2n) is 6.01. The molecule has 0 aromatic rings. The van der Waals surface area contributed by atoms with Gasteiger partial charge in [-0.1, -0.05) is 35.7 Å². The summed E-state index contributed by atoms with van der Waals surface area (Å²) in [6, 6.07) is 0.109. The summed E-state index contributed by atoms with van der Waals surface area (Å²) < 4.78 is 29.4. The van der Waals surface area contributed by atoms with E-state index in [9.17, 15) is 8.42 Å². The van der Waals surface area contributed by atoms with E-state index in [1.165, 1.54) is 6.42 Å². The highest BCUT2D eigenvalue weighted by atomic mass is 79.9. The lowest BCUT2D eigenvalue weighted by Gasteiger charge is -2.35. The van der Waals surface area contributed by atoms with Gasteiger partial charge in [0.1, 0.15) is 0 Å². The first-order valence-corrected chi connectivity index (χ1v) is 9.92. The van der Waals surface area contributed by atoms with Gasteiger partial charge in [0.05, 0.1) is 0 Å². The van der Waals surface area contributed by atoms with Crippen molar-refractivity contribution >= 4 is 26.1 Å². The molecular formula is C13H25BrN2O2S. The minimum Gasteiger partial charge on any atom is -0.199 e. The smallest absolute Gasteiger partial charge is 0.199 e. The van der Waals surface area contributed by atoms with Crippen LogP contribution in [0.2, 0.25) is 0 Å². The summed E-state index contributed by atoms with van der Waals surface area (Å²) in [6.45, 7) is 3.53. The SMILES string of the molecule is CC1CCN(S(=O)(=O)NC2CCCCC2CBr)CC1. The summed E-state index contributed by atoms with van der Waals surface area (Å²) in [6.07, 6.45) is 6.40. The molecule has 1 N–H and O–H groups in total. The van der Waals surface area contributed by atoms with Crippen LogP contribution in [0.5, 0.6) is 0 Å². The maximum atomic E-state index is 12.4. The average Bonchev–Trinajstić information content (AvgIpc) is 2.39. The highest BCUT2D eigenvalue weighted by molar-refractivity contribution is 9.09. The van der Waals surface area contributed by atoms with Crippen LogP contribution in [0.1, 0.15) is 45.4 Å². The van der Waals surface area contributed by atoms with Crippen molar-refractivity contribution in [3.05, 3.63) is 0 Å². The maximum Gasteiger partial charge on any atom is 0.279 e. The number of nitrogens with zero attached hydrogens (tertiary/aromatic N) is 1. The molecule has 2 fully saturated rings. The van der Waals surface area contributed by atoms with Crippen molar-refractivity contribution in [3.63, 3.8) is 0 Å². The van der Waals surface area contributed by atoms with Crippen LogP contribution in [0.25, 0.3) is 0 Å². The fourth-order valence-electron chi connectivity index (χ4n) is 3.04. The molecule has 2 aliphatic rings. The predicted octanol–water partition coefficient (Wildman–Crippen LogP) is 2.51. The first-order chi connectivity index (χ1) is 9.03. The average molecular weight is 353 g/mol. The van der Waals surface area contributed by atoms with E-state index >= 15 is 0 Å². The number of halogens is 1. The summed E-state index contributed by atoms with van der Waals surface area (Å²) in [7, 11) is -3.29. The van der Waals surface area contributed by atoms with E-state index in [4.69, 9.17) is 0 Å². The Morgan fingerprint density at radius 3 is 2.42 bits per heavy atom. The van der Waals surface area contributed by atoms with Crippen molar-refractivity contribution in [2.24, 2.45) is 11.8 Å². The predicted molar refractivity (Wildman–Crippen MR) is 81.6 cm³/mol. The van der Waals surface area contributed by atoms with Gasteiger partial charge in [0, 0.05) is 24.5 Å². The molecule has 2 atom stereocenters. The highest BCUT2D eigenvalue weighted by Gasteiger charge is 2.32. The first kappa shape index (κ1) is 15.7. The van der Waals surface area contributed by atoms with Crippen molar-refractivity contribution < 1.29 is 8.42 Å². The zero-order valence-electron chi connectivity index (χ0n) is 11.6. The molecule has 2 unspecified atom stereocenters. The first-order valence-electron chi connectivity index (χ1n) is 7.36. The van der Waals surface area contributed by atoms with Gasteiger partial charge in [0.25, 0.3) is 10.2 Å². The summed E-state index contributed by atoms with van der Waals surface area (Å²) in [4.78, 5) is 0. The molecule has 6 heteroatoms. The molecule has 112 valence electrons. The lowest BCUT2D eigenvalue weighted by atomic mass is 9.87. The van der Waals surface area contributed by atoms with Crippen LogP contribution >= 0.6 is 15.9 Å². The molecule has 1 saturated carbocycles. The van der Waals surface area contributed by atoms with Gasteiger partial charge in [-0.2, -0.15) is 17.4 Å². The Bertz CT molecular complexity index is 380. The second kappa shape index (κ2) is 6.87. The number of rotatable bonds is 4. The van der Waals surface area contributed by atoms with Crippen LogP contribution in [-0.4, -0.2) is 37.2 Å². The molecule has 0 bridgehead atoms. The number of hydrogen-bond acceptors (Lipinski definition) is 2. The van der Waals surface area contributed by atoms with E-state index in [0.29, 0.717) is 24.9 Å². The van der Waals surface area contributed by atoms with Crippen LogP contribution in [-0.2, 0) is 10.2 Å². The third-order valence-corrected chi connectivity index (χ3v) is 6.97. The van der Waals surface area contributed by atoms with E-state index < -0.39 is 10.2 Å². The molecule has 0 amide bonds. The fraction of sp³-hybridized carbons (Fsp3) is 1.00. The molecule has 0 aromatic heterocycles. The van der Waals surface area contributed by atoms with E-state index in [2.05, 4.69) is 27.6 Å². The van der Waals surface area contributed by atoms with Gasteiger partial charge in [0.2, 0.25) is 0 Å². The number of hydrogen-bond donors (Lipinski definition) is 1. The Labute approximate surface area is 125 Å². The van der Waals surface area contributed by atoms with Crippen LogP contribution in [0.15, 0.2) is 0 Å². The number of nitrogens with one attached hydrogen (secondary N) is 1. The maximum absolute atomic E-state index is 12.4. The largest absolute Gasteiger partial charge is 0.279 e. The van der Waals surface area contributed by atoms with Gasteiger partial charge in [0.15, 0.2) is 0 Å². The Kier molecular flexibility index (Phi) is 5.69. The molecule has 19 heavy (non-hydrogen) atoms. The van der Waals surface area contributed by atoms with Gasteiger partial charge in [-0.25, -0.2) is 0 Å². The van der Waals surface area contributed by atoms with Gasteiger partial charge < -0.3 is 0 Å². The van der Waals surface area contributed by atoms with Crippen molar-refractivity contribution in [1.82, 2.24) is 9.03 Å². The lowest BCUT2D eigenvalue weighted by Crippen LogP contribution is -2.51. The molecule has 1 aliphatic heterocycles. The molecule has 1 saturated heterocycles. The molecular weight excluding hydrogens is 328 g/mol. The lowest BCUT2D eigenvalue weighted by molar-refractivity contribution is 0.270. The minimum absolute atomic E-state index is 0.109. The van der Waals surface area contributed by atoms with Crippen LogP contribution in [0.3, 0.4) is 0 Å². The van der Waals surface area contributed by atoms with Crippen molar-refractivity contribution in [2.75, 3.05) is 18.4 Å². The van der Waals surface area contributed by atoms with Crippen molar-refractivity contribution in [3.8, 4) is 0 Å². The number of alkyl halides is 1. The monoisotopic (exact) mass is 352 g/mol. The highest BCUT2D eigenvalue weighted by Crippen LogP contribution is 2.27. The topological polar surface area (TPSA) is 49.4 Å². The van der Waals surface area contributed by atoms with Gasteiger partial charge in [-0.15, -0.1) is 0 Å². The summed E-state index contributed by atoms with van der Waals surface area (Å²) in [5.74, 6) is 1.09. The van der Waals surface area contributed by atoms with Gasteiger partial charge >= 0.3 is 0 Å². The third kappa shape index (κ3) is 4.16. The van der Waals surface area contributed by atoms with Gasteiger partial charge in [-0.3, -0.25) is 0 Å². The normalized spacial score (nSPS) is 31.5. The molecule has 1 heterocycles. The molecule has 0 spiro atoms. The van der Waals surface area contributed by atoms with E-state index in [1.54, 1.807) is 4.31 Å². The quantitative estimate of drug-likeness (QED) is 0.790. The standard InChI is InChI=1S/C13H25BrN2O2S/c1-11-6-8-16(9-7-11)19(17,18)15-13-5-3-2-4-12(13)10-14/h11-13,15H,2-10H2,1H3. The van der Waals surface area contributed by atoms with Gasteiger partial charge in [-0.05, 0) is 37.5 Å². The Morgan fingerprint density at radius 1 is 1.16 bits per heavy atom. The van der Waals surface area contributed by atoms with Crippen LogP contribution in [0, 0.1) is 11.8 Å². The second-order valence-corrected chi connectivity index (χ2v) is 8.36. The zero-order valence-corrected chi connectivity index (χ0v) is 14.0. The third-order valence-electron chi connectivity index (χ3n) is 4.49. The molecule has 0 radical (unpaired) electrons. The van der Waals surface area contributed by atoms with Crippen molar-refractivity contribution in [1.29, 1.82) is 0 Å². The fourth-order valence-corrected chi connectivity index (χ4v) is 5.35. The number of piperidine rings is 1. The summed E-state index contributed by atoms with van der Waals surface area (Å²) in [5.41, 5.74) is 0. The molecule has 0 aromatic carbocycles. The molecule has 2 rings (SSSR count). The Hall–Kier alpha value is 0.350. The Morgan fingerprint density at radius 2 is 1.79 bits per heavy atom. The van der Waals surface area contributed by atoms with Crippen LogP contribution in [0.4, 0.5) is 0 Å². The van der Waals surface area contributed by atoms with E-state index in [0.717, 1.165) is 37.4 Å². The van der Waals surface area contributed by atoms with E-state index in [1.807, 2.05) is 0 Å². The summed E-state index contributed by atoms with van der Waals surface area (Å²) >= 11 is 3.51. The Balaban J connectivity index is 1.96. The molecule has 4 nitrogen and oxygen atoms in total.